The molecule has 13 nitrogen and oxygen atoms in total. The molecule has 4 amide bonds. The van der Waals surface area contributed by atoms with Crippen molar-refractivity contribution in [3.05, 3.63) is 54.7 Å². The van der Waals surface area contributed by atoms with E-state index in [-0.39, 0.29) is 42.1 Å². The van der Waals surface area contributed by atoms with Gasteiger partial charge in [-0.25, -0.2) is 9.48 Å². The molecule has 0 radical (unpaired) electrons. The van der Waals surface area contributed by atoms with Gasteiger partial charge in [0, 0.05) is 66.4 Å². The number of urea groups is 1. The summed E-state index contributed by atoms with van der Waals surface area (Å²) in [6.45, 7) is 1.83. The number of amides is 4. The van der Waals surface area contributed by atoms with E-state index in [4.69, 9.17) is 9.47 Å². The van der Waals surface area contributed by atoms with E-state index in [1.807, 2.05) is 60.4 Å². The van der Waals surface area contributed by atoms with Crippen molar-refractivity contribution in [3.8, 4) is 17.0 Å². The van der Waals surface area contributed by atoms with Gasteiger partial charge in [-0.3, -0.25) is 14.4 Å². The summed E-state index contributed by atoms with van der Waals surface area (Å²) >= 11 is 1.91. The summed E-state index contributed by atoms with van der Waals surface area (Å²) in [6, 6.07) is 15.0. The third-order valence-corrected chi connectivity index (χ3v) is 10.7. The third kappa shape index (κ3) is 8.98. The van der Waals surface area contributed by atoms with E-state index in [9.17, 15) is 19.2 Å². The standard InChI is InChI=1S/C35H43N7O6S/c1-47-28-9-4-6-26(19-28)42-20-24(18-32(42)44)34(45)36-25-13-11-23(12-14-25)29-21-41(40-39-29)15-17-48-16-5-8-27(43)7-2-3-10-31-33-30(22-49-31)37-35(46)38-33/h4,6,9,11-14,19,21,24,30-31,33H,2-3,5,7-8,10,15-18,20,22H2,1H3,(H,36,45)(H2,37,38,46)/t24?,30-,31-,33-/m0/s1. The van der Waals surface area contributed by atoms with Crippen molar-refractivity contribution in [1.82, 2.24) is 25.6 Å². The Morgan fingerprint density at radius 1 is 1.04 bits per heavy atom. The fourth-order valence-electron chi connectivity index (χ4n) is 6.49. The molecule has 4 atom stereocenters. The predicted octanol–water partition coefficient (Wildman–Crippen LogP) is 4.04. The van der Waals surface area contributed by atoms with Crippen molar-refractivity contribution in [2.24, 2.45) is 5.92 Å². The lowest BCUT2D eigenvalue weighted by Gasteiger charge is -2.17. The number of nitrogens with one attached hydrogen (secondary N) is 3. The monoisotopic (exact) mass is 689 g/mol. The number of carbonyl (C=O) groups excluding carboxylic acids is 4. The molecule has 3 fully saturated rings. The van der Waals surface area contributed by atoms with Crippen LogP contribution in [0.25, 0.3) is 11.3 Å². The van der Waals surface area contributed by atoms with Gasteiger partial charge in [0.1, 0.15) is 17.2 Å². The van der Waals surface area contributed by atoms with Crippen LogP contribution in [0, 0.1) is 5.92 Å². The largest absolute Gasteiger partial charge is 0.497 e. The molecule has 0 spiro atoms. The SMILES string of the molecule is COc1cccc(N2CC(C(=O)Nc3ccc(-c4cn(CCOCCCC(=O)CCCC[C@@H]5SC[C@@H]6NC(=O)N[C@@H]65)nn4)cc3)CC2=O)c1. The Morgan fingerprint density at radius 3 is 2.71 bits per heavy atom. The second kappa shape index (κ2) is 16.3. The number of Topliss-reactive ketones (excluding diaryl/α,β-unsaturated/α-hetero) is 1. The van der Waals surface area contributed by atoms with Crippen LogP contribution in [-0.2, 0) is 25.7 Å². The number of ketones is 1. The molecule has 3 aromatic rings. The van der Waals surface area contributed by atoms with Crippen LogP contribution in [0.4, 0.5) is 16.2 Å². The van der Waals surface area contributed by atoms with Crippen molar-refractivity contribution >= 4 is 46.8 Å². The molecule has 4 heterocycles. The number of hydrogen-bond acceptors (Lipinski definition) is 9. The molecule has 14 heteroatoms. The van der Waals surface area contributed by atoms with Gasteiger partial charge in [-0.15, -0.1) is 5.10 Å². The zero-order chi connectivity index (χ0) is 34.2. The Bertz CT molecular complexity index is 1630. The molecule has 3 N–H and O–H groups in total. The summed E-state index contributed by atoms with van der Waals surface area (Å²) in [7, 11) is 1.58. The van der Waals surface area contributed by atoms with Gasteiger partial charge >= 0.3 is 6.03 Å². The number of thioether (sulfide) groups is 1. The number of rotatable bonds is 17. The number of carbonyl (C=O) groups is 4. The number of nitrogens with zero attached hydrogens (tertiary/aromatic N) is 4. The van der Waals surface area contributed by atoms with E-state index in [0.717, 1.165) is 30.6 Å². The van der Waals surface area contributed by atoms with Gasteiger partial charge in [-0.1, -0.05) is 29.8 Å². The molecule has 6 rings (SSSR count). The molecule has 1 aromatic heterocycles. The molecule has 3 aliphatic rings. The average molecular weight is 690 g/mol. The van der Waals surface area contributed by atoms with Crippen molar-refractivity contribution in [2.75, 3.05) is 42.8 Å². The smallest absolute Gasteiger partial charge is 0.315 e. The first kappa shape index (κ1) is 34.4. The molecule has 0 bridgehead atoms. The zero-order valence-corrected chi connectivity index (χ0v) is 28.5. The maximum Gasteiger partial charge on any atom is 0.315 e. The number of ether oxygens (including phenoxy) is 2. The summed E-state index contributed by atoms with van der Waals surface area (Å²) in [6.07, 6.45) is 6.71. The predicted molar refractivity (Wildman–Crippen MR) is 187 cm³/mol. The highest BCUT2D eigenvalue weighted by Gasteiger charge is 2.42. The number of fused-ring (bicyclic) bond motifs is 1. The first-order chi connectivity index (χ1) is 23.9. The maximum atomic E-state index is 13.0. The van der Waals surface area contributed by atoms with Gasteiger partial charge < -0.3 is 30.3 Å². The van der Waals surface area contributed by atoms with E-state index < -0.39 is 5.92 Å². The molecule has 1 unspecified atom stereocenters. The second-order valence-corrected chi connectivity index (χ2v) is 13.9. The normalized spacial score (nSPS) is 21.4. The highest BCUT2D eigenvalue weighted by Crippen LogP contribution is 2.33. The van der Waals surface area contributed by atoms with Crippen LogP contribution in [0.1, 0.15) is 44.9 Å². The molecule has 3 aliphatic heterocycles. The quantitative estimate of drug-likeness (QED) is 0.141. The molecule has 0 saturated carbocycles. The van der Waals surface area contributed by atoms with E-state index in [0.29, 0.717) is 73.6 Å². The van der Waals surface area contributed by atoms with Gasteiger partial charge in [0.25, 0.3) is 0 Å². The van der Waals surface area contributed by atoms with Gasteiger partial charge in [-0.05, 0) is 43.5 Å². The number of hydrogen-bond donors (Lipinski definition) is 3. The summed E-state index contributed by atoms with van der Waals surface area (Å²) in [4.78, 5) is 51.0. The highest BCUT2D eigenvalue weighted by molar-refractivity contribution is 8.00. The average Bonchev–Trinajstić information content (AvgIpc) is 3.90. The molecule has 0 aliphatic carbocycles. The lowest BCUT2D eigenvalue weighted by atomic mass is 10.0. The van der Waals surface area contributed by atoms with Crippen molar-refractivity contribution in [1.29, 1.82) is 0 Å². The fourth-order valence-corrected chi connectivity index (χ4v) is 8.03. The number of methoxy groups -OCH3 is 1. The highest BCUT2D eigenvalue weighted by atomic mass is 32.2. The minimum atomic E-state index is -0.455. The Labute approximate surface area is 289 Å². The van der Waals surface area contributed by atoms with Crippen molar-refractivity contribution in [3.63, 3.8) is 0 Å². The molecule has 2 aromatic carbocycles. The van der Waals surface area contributed by atoms with Gasteiger partial charge in [0.15, 0.2) is 0 Å². The van der Waals surface area contributed by atoms with Crippen LogP contribution in [0.5, 0.6) is 5.75 Å². The Hall–Kier alpha value is -4.43. The summed E-state index contributed by atoms with van der Waals surface area (Å²) < 4.78 is 12.7. The fraction of sp³-hybridized carbons (Fsp3) is 0.486. The molecular formula is C35H43N7O6S. The molecule has 49 heavy (non-hydrogen) atoms. The minimum Gasteiger partial charge on any atom is -0.497 e. The summed E-state index contributed by atoms with van der Waals surface area (Å²) in [5, 5.41) is 17.8. The number of aromatic nitrogens is 3. The molecular weight excluding hydrogens is 646 g/mol. The van der Waals surface area contributed by atoms with Gasteiger partial charge in [0.05, 0.1) is 44.5 Å². The van der Waals surface area contributed by atoms with Crippen LogP contribution in [0.3, 0.4) is 0 Å². The Kier molecular flexibility index (Phi) is 11.5. The summed E-state index contributed by atoms with van der Waals surface area (Å²) in [5.74, 6) is 1.14. The molecule has 3 saturated heterocycles. The van der Waals surface area contributed by atoms with E-state index in [2.05, 4.69) is 26.3 Å². The number of anilines is 2. The van der Waals surface area contributed by atoms with E-state index in [1.54, 1.807) is 22.8 Å². The minimum absolute atomic E-state index is 0.0602. The first-order valence-electron chi connectivity index (χ1n) is 16.9. The van der Waals surface area contributed by atoms with Crippen molar-refractivity contribution in [2.45, 2.75) is 68.8 Å². The van der Waals surface area contributed by atoms with Gasteiger partial charge in [0.2, 0.25) is 11.8 Å². The van der Waals surface area contributed by atoms with Crippen LogP contribution >= 0.6 is 11.8 Å². The Morgan fingerprint density at radius 2 is 1.88 bits per heavy atom. The van der Waals surface area contributed by atoms with Crippen molar-refractivity contribution < 1.29 is 28.7 Å². The second-order valence-electron chi connectivity index (χ2n) is 12.7. The van der Waals surface area contributed by atoms with Gasteiger partial charge in [-0.2, -0.15) is 11.8 Å². The van der Waals surface area contributed by atoms with Crippen LogP contribution < -0.4 is 25.6 Å². The zero-order valence-electron chi connectivity index (χ0n) is 27.6. The molecule has 260 valence electrons. The van der Waals surface area contributed by atoms with E-state index in [1.165, 1.54) is 0 Å². The van der Waals surface area contributed by atoms with Crippen LogP contribution in [-0.4, -0.2) is 88.6 Å². The van der Waals surface area contributed by atoms with E-state index >= 15 is 0 Å². The third-order valence-electron chi connectivity index (χ3n) is 9.19. The lowest BCUT2D eigenvalue weighted by Crippen LogP contribution is -2.36. The first-order valence-corrected chi connectivity index (χ1v) is 17.9. The number of benzene rings is 2. The topological polar surface area (TPSA) is 157 Å². The maximum absolute atomic E-state index is 13.0. The summed E-state index contributed by atoms with van der Waals surface area (Å²) in [5.41, 5.74) is 2.91. The van der Waals surface area contributed by atoms with Crippen LogP contribution in [0.2, 0.25) is 0 Å². The van der Waals surface area contributed by atoms with Crippen LogP contribution in [0.15, 0.2) is 54.7 Å². The number of unbranched alkanes of at least 4 members (excludes halogenated alkanes) is 1. The Balaban J connectivity index is 0.843. The lowest BCUT2D eigenvalue weighted by molar-refractivity contribution is -0.122.